The third-order valence-electron chi connectivity index (χ3n) is 5.21. The number of hydrogen-bond donors (Lipinski definition) is 2. The molecule has 0 atom stereocenters. The molecule has 6 nitrogen and oxygen atoms in total. The van der Waals surface area contributed by atoms with Gasteiger partial charge in [0.05, 0.1) is 6.20 Å². The Labute approximate surface area is 161 Å². The fraction of sp³-hybridized carbons (Fsp3) is 0.524. The van der Waals surface area contributed by atoms with E-state index < -0.39 is 0 Å². The lowest BCUT2D eigenvalue weighted by molar-refractivity contribution is 0.0732. The molecule has 1 aromatic heterocycles. The summed E-state index contributed by atoms with van der Waals surface area (Å²) in [5.74, 6) is 2.19. The number of hydrogen-bond acceptors (Lipinski definition) is 4. The number of ether oxygens (including phenoxy) is 1. The van der Waals surface area contributed by atoms with E-state index in [1.165, 1.54) is 19.3 Å². The number of oxazole rings is 1. The van der Waals surface area contributed by atoms with Gasteiger partial charge >= 0.3 is 0 Å². The van der Waals surface area contributed by atoms with Gasteiger partial charge < -0.3 is 19.8 Å². The van der Waals surface area contributed by atoms with Crippen LogP contribution < -0.4 is 10.6 Å². The topological polar surface area (TPSA) is 71.7 Å². The standard InChI is InChI=1S/C21H30N4O2/c1-3-22-20(25-16-21(10-7-11-21)12-13-26-2)24-15-19-23-14-18(27-19)17-8-5-4-6-9-17/h4-6,8-9,14H,3,7,10-13,15-16H2,1-2H3,(H2,22,24,25). The van der Waals surface area contributed by atoms with Crippen molar-refractivity contribution in [2.24, 2.45) is 10.4 Å². The Morgan fingerprint density at radius 1 is 1.26 bits per heavy atom. The summed E-state index contributed by atoms with van der Waals surface area (Å²) in [4.78, 5) is 8.99. The summed E-state index contributed by atoms with van der Waals surface area (Å²) in [7, 11) is 1.77. The number of aromatic nitrogens is 1. The Kier molecular flexibility index (Phi) is 6.87. The highest BCUT2D eigenvalue weighted by Crippen LogP contribution is 2.43. The number of aliphatic imine (C=N–C) groups is 1. The SMILES string of the molecule is CCNC(=NCc1ncc(-c2ccccc2)o1)NCC1(CCOC)CCC1. The van der Waals surface area contributed by atoms with Gasteiger partial charge in [-0.2, -0.15) is 0 Å². The highest BCUT2D eigenvalue weighted by Gasteiger charge is 2.36. The van der Waals surface area contributed by atoms with Crippen molar-refractivity contribution in [3.05, 3.63) is 42.4 Å². The van der Waals surface area contributed by atoms with E-state index in [-0.39, 0.29) is 0 Å². The molecule has 0 bridgehead atoms. The maximum Gasteiger partial charge on any atom is 0.216 e. The Hall–Kier alpha value is -2.34. The van der Waals surface area contributed by atoms with E-state index in [0.29, 0.717) is 17.9 Å². The Bertz CT molecular complexity index is 723. The van der Waals surface area contributed by atoms with E-state index in [2.05, 4.69) is 27.5 Å². The number of nitrogens with one attached hydrogen (secondary N) is 2. The smallest absolute Gasteiger partial charge is 0.216 e. The molecular weight excluding hydrogens is 340 g/mol. The summed E-state index contributed by atoms with van der Waals surface area (Å²) < 4.78 is 11.1. The van der Waals surface area contributed by atoms with Gasteiger partial charge in [0.15, 0.2) is 11.7 Å². The minimum Gasteiger partial charge on any atom is -0.439 e. The van der Waals surface area contributed by atoms with Crippen molar-refractivity contribution in [3.63, 3.8) is 0 Å². The van der Waals surface area contributed by atoms with Crippen LogP contribution in [0.5, 0.6) is 0 Å². The van der Waals surface area contributed by atoms with Gasteiger partial charge in [0, 0.05) is 32.4 Å². The summed E-state index contributed by atoms with van der Waals surface area (Å²) in [6.45, 7) is 5.03. The number of nitrogens with zero attached hydrogens (tertiary/aromatic N) is 2. The zero-order chi connectivity index (χ0) is 19.0. The molecule has 146 valence electrons. The first-order chi connectivity index (χ1) is 13.2. The fourth-order valence-corrected chi connectivity index (χ4v) is 3.39. The molecule has 1 heterocycles. The van der Waals surface area contributed by atoms with Gasteiger partial charge in [0.2, 0.25) is 5.89 Å². The van der Waals surface area contributed by atoms with Gasteiger partial charge in [-0.3, -0.25) is 0 Å². The van der Waals surface area contributed by atoms with Crippen LogP contribution in [0.15, 0.2) is 45.9 Å². The molecule has 0 spiro atoms. The van der Waals surface area contributed by atoms with E-state index in [0.717, 1.165) is 43.4 Å². The van der Waals surface area contributed by atoms with Crippen LogP contribution in [0.2, 0.25) is 0 Å². The van der Waals surface area contributed by atoms with Crippen LogP contribution in [0, 0.1) is 5.41 Å². The lowest BCUT2D eigenvalue weighted by Gasteiger charge is -2.42. The summed E-state index contributed by atoms with van der Waals surface area (Å²) in [6, 6.07) is 9.99. The van der Waals surface area contributed by atoms with Crippen molar-refractivity contribution in [2.75, 3.05) is 26.8 Å². The van der Waals surface area contributed by atoms with Crippen LogP contribution in [-0.4, -0.2) is 37.7 Å². The molecule has 0 aliphatic heterocycles. The number of benzene rings is 1. The summed E-state index contributed by atoms with van der Waals surface area (Å²) in [5.41, 5.74) is 1.37. The zero-order valence-electron chi connectivity index (χ0n) is 16.3. The van der Waals surface area contributed by atoms with Crippen LogP contribution in [0.4, 0.5) is 0 Å². The first kappa shape index (κ1) is 19.4. The molecule has 0 radical (unpaired) electrons. The minimum absolute atomic E-state index is 0.343. The van der Waals surface area contributed by atoms with E-state index in [4.69, 9.17) is 9.15 Å². The predicted octanol–water partition coefficient (Wildman–Crippen LogP) is 3.60. The largest absolute Gasteiger partial charge is 0.439 e. The van der Waals surface area contributed by atoms with Crippen LogP contribution in [0.1, 0.15) is 38.5 Å². The second kappa shape index (κ2) is 9.55. The van der Waals surface area contributed by atoms with Crippen molar-refractivity contribution in [3.8, 4) is 11.3 Å². The molecule has 0 amide bonds. The highest BCUT2D eigenvalue weighted by molar-refractivity contribution is 5.79. The van der Waals surface area contributed by atoms with Crippen LogP contribution in [0.25, 0.3) is 11.3 Å². The number of guanidine groups is 1. The van der Waals surface area contributed by atoms with Crippen molar-refractivity contribution >= 4 is 5.96 Å². The van der Waals surface area contributed by atoms with Gasteiger partial charge in [-0.25, -0.2) is 9.98 Å². The van der Waals surface area contributed by atoms with Gasteiger partial charge in [0.25, 0.3) is 0 Å². The summed E-state index contributed by atoms with van der Waals surface area (Å²) >= 11 is 0. The lowest BCUT2D eigenvalue weighted by Crippen LogP contribution is -2.46. The Morgan fingerprint density at radius 3 is 2.74 bits per heavy atom. The lowest BCUT2D eigenvalue weighted by atomic mass is 9.67. The first-order valence-electron chi connectivity index (χ1n) is 9.76. The molecule has 1 aliphatic carbocycles. The molecule has 1 aromatic carbocycles. The first-order valence-corrected chi connectivity index (χ1v) is 9.76. The molecule has 2 N–H and O–H groups in total. The van der Waals surface area contributed by atoms with E-state index in [1.807, 2.05) is 30.3 Å². The minimum atomic E-state index is 0.343. The maximum absolute atomic E-state index is 5.84. The van der Waals surface area contributed by atoms with Crippen molar-refractivity contribution in [2.45, 2.75) is 39.2 Å². The Balaban J connectivity index is 1.58. The Morgan fingerprint density at radius 2 is 2.07 bits per heavy atom. The van der Waals surface area contributed by atoms with E-state index >= 15 is 0 Å². The van der Waals surface area contributed by atoms with Gasteiger partial charge in [0.1, 0.15) is 6.54 Å². The molecule has 27 heavy (non-hydrogen) atoms. The highest BCUT2D eigenvalue weighted by atomic mass is 16.5. The van der Waals surface area contributed by atoms with Gasteiger partial charge in [-0.05, 0) is 31.6 Å². The summed E-state index contributed by atoms with van der Waals surface area (Å²) in [5, 5.41) is 6.80. The van der Waals surface area contributed by atoms with Crippen molar-refractivity contribution in [1.29, 1.82) is 0 Å². The molecule has 1 saturated carbocycles. The quantitative estimate of drug-likeness (QED) is 0.521. The van der Waals surface area contributed by atoms with Crippen molar-refractivity contribution in [1.82, 2.24) is 15.6 Å². The molecule has 0 saturated heterocycles. The van der Waals surface area contributed by atoms with Crippen molar-refractivity contribution < 1.29 is 9.15 Å². The predicted molar refractivity (Wildman–Crippen MR) is 108 cm³/mol. The summed E-state index contributed by atoms with van der Waals surface area (Å²) in [6.07, 6.45) is 6.66. The van der Waals surface area contributed by atoms with E-state index in [1.54, 1.807) is 13.3 Å². The van der Waals surface area contributed by atoms with Gasteiger partial charge in [-0.1, -0.05) is 36.8 Å². The second-order valence-electron chi connectivity index (χ2n) is 7.13. The van der Waals surface area contributed by atoms with Crippen LogP contribution in [0.3, 0.4) is 0 Å². The molecule has 3 rings (SSSR count). The maximum atomic E-state index is 5.84. The molecule has 1 aliphatic rings. The fourth-order valence-electron chi connectivity index (χ4n) is 3.39. The van der Waals surface area contributed by atoms with Crippen LogP contribution >= 0.6 is 0 Å². The van der Waals surface area contributed by atoms with Gasteiger partial charge in [-0.15, -0.1) is 0 Å². The molecule has 2 aromatic rings. The molecule has 1 fully saturated rings. The molecular formula is C21H30N4O2. The average molecular weight is 370 g/mol. The normalized spacial score (nSPS) is 16.0. The zero-order valence-corrected chi connectivity index (χ0v) is 16.3. The number of rotatable bonds is 9. The van der Waals surface area contributed by atoms with E-state index in [9.17, 15) is 0 Å². The average Bonchev–Trinajstić information content (AvgIpc) is 3.14. The second-order valence-corrected chi connectivity index (χ2v) is 7.13. The number of methoxy groups -OCH3 is 1. The monoisotopic (exact) mass is 370 g/mol. The molecule has 6 heteroatoms. The third kappa shape index (κ3) is 5.32. The van der Waals surface area contributed by atoms with Crippen LogP contribution in [-0.2, 0) is 11.3 Å². The molecule has 0 unspecified atom stereocenters. The third-order valence-corrected chi connectivity index (χ3v) is 5.21.